The fraction of sp³-hybridized carbons (Fsp3) is 0. The Morgan fingerprint density at radius 2 is 2.12 bits per heavy atom. The molecule has 0 saturated heterocycles. The van der Waals surface area contributed by atoms with Crippen molar-refractivity contribution in [2.45, 2.75) is 0 Å². The number of thiocarbonyl (C=S) groups is 1. The molecular weight excluding hydrogens is 241 g/mol. The van der Waals surface area contributed by atoms with Gasteiger partial charge < -0.3 is 10.5 Å². The van der Waals surface area contributed by atoms with Crippen LogP contribution in [0.3, 0.4) is 0 Å². The normalized spacial score (nSPS) is 9.94. The molecule has 0 aliphatic carbocycles. The Labute approximate surface area is 102 Å². The largest absolute Gasteiger partial charge is 0.437 e. The number of ether oxygens (including phenoxy) is 1. The Kier molecular flexibility index (Phi) is 3.24. The molecule has 0 aliphatic heterocycles. The molecule has 1 aromatic heterocycles. The summed E-state index contributed by atoms with van der Waals surface area (Å²) in [6.45, 7) is 0. The monoisotopic (exact) mass is 249 g/mol. The van der Waals surface area contributed by atoms with Crippen LogP contribution in [0.5, 0.6) is 11.6 Å². The minimum Gasteiger partial charge on any atom is -0.437 e. The third-order valence-corrected chi connectivity index (χ3v) is 2.11. The first-order chi connectivity index (χ1) is 8.15. The number of halogens is 1. The summed E-state index contributed by atoms with van der Waals surface area (Å²) in [6.07, 6.45) is 2.77. The minimum atomic E-state index is -0.379. The van der Waals surface area contributed by atoms with E-state index in [1.54, 1.807) is 12.1 Å². The Balaban J connectivity index is 2.16. The highest BCUT2D eigenvalue weighted by molar-refractivity contribution is 7.80. The molecule has 0 saturated carbocycles. The first-order valence-corrected chi connectivity index (χ1v) is 5.11. The Morgan fingerprint density at radius 3 is 2.71 bits per heavy atom. The van der Waals surface area contributed by atoms with E-state index < -0.39 is 0 Å². The molecular formula is C11H8FN3OS. The quantitative estimate of drug-likeness (QED) is 0.843. The molecule has 0 radical (unpaired) electrons. The van der Waals surface area contributed by atoms with Crippen molar-refractivity contribution < 1.29 is 9.13 Å². The molecule has 1 aromatic carbocycles. The van der Waals surface area contributed by atoms with Crippen molar-refractivity contribution in [3.05, 3.63) is 48.2 Å². The molecule has 1 heterocycles. The summed E-state index contributed by atoms with van der Waals surface area (Å²) in [5, 5.41) is 0. The Hall–Kier alpha value is -2.08. The van der Waals surface area contributed by atoms with Gasteiger partial charge in [0.1, 0.15) is 22.2 Å². The standard InChI is InChI=1S/C11H8FN3OS/c12-7-2-1-3-8(4-7)16-10-6-14-9(5-15-10)11(13)17/h1-6H,(H2,13,17). The summed E-state index contributed by atoms with van der Waals surface area (Å²) in [5.74, 6) is 0.216. The van der Waals surface area contributed by atoms with Crippen LogP contribution in [0.15, 0.2) is 36.7 Å². The number of nitrogens with two attached hydrogens (primary N) is 1. The van der Waals surface area contributed by atoms with E-state index in [-0.39, 0.29) is 16.7 Å². The van der Waals surface area contributed by atoms with E-state index in [9.17, 15) is 4.39 Å². The summed E-state index contributed by atoms with van der Waals surface area (Å²) in [6, 6.07) is 5.74. The van der Waals surface area contributed by atoms with Gasteiger partial charge >= 0.3 is 0 Å². The summed E-state index contributed by atoms with van der Waals surface area (Å²) in [7, 11) is 0. The maximum atomic E-state index is 12.9. The zero-order valence-corrected chi connectivity index (χ0v) is 9.45. The van der Waals surface area contributed by atoms with Crippen molar-refractivity contribution in [3.8, 4) is 11.6 Å². The van der Waals surface area contributed by atoms with Gasteiger partial charge in [-0.15, -0.1) is 0 Å². The molecule has 0 amide bonds. The van der Waals surface area contributed by atoms with E-state index in [0.29, 0.717) is 11.4 Å². The zero-order chi connectivity index (χ0) is 12.3. The summed E-state index contributed by atoms with van der Waals surface area (Å²) in [4.78, 5) is 8.06. The van der Waals surface area contributed by atoms with Crippen molar-refractivity contribution >= 4 is 17.2 Å². The van der Waals surface area contributed by atoms with Gasteiger partial charge in [-0.1, -0.05) is 18.3 Å². The third kappa shape index (κ3) is 2.94. The van der Waals surface area contributed by atoms with Gasteiger partial charge in [-0.3, -0.25) is 0 Å². The Bertz CT molecular complexity index is 545. The van der Waals surface area contributed by atoms with Crippen LogP contribution in [0.4, 0.5) is 4.39 Å². The number of nitrogens with zero attached hydrogens (tertiary/aromatic N) is 2. The number of hydrogen-bond acceptors (Lipinski definition) is 4. The number of benzene rings is 1. The maximum Gasteiger partial charge on any atom is 0.237 e. The first-order valence-electron chi connectivity index (χ1n) is 4.70. The van der Waals surface area contributed by atoms with Crippen LogP contribution in [0.1, 0.15) is 5.69 Å². The maximum absolute atomic E-state index is 12.9. The molecule has 0 fully saturated rings. The molecule has 0 unspecified atom stereocenters. The van der Waals surface area contributed by atoms with E-state index in [1.807, 2.05) is 0 Å². The lowest BCUT2D eigenvalue weighted by atomic mass is 10.3. The van der Waals surface area contributed by atoms with Crippen LogP contribution in [-0.2, 0) is 0 Å². The fourth-order valence-corrected chi connectivity index (χ4v) is 1.25. The highest BCUT2D eigenvalue weighted by atomic mass is 32.1. The van der Waals surface area contributed by atoms with Crippen molar-refractivity contribution in [1.82, 2.24) is 9.97 Å². The molecule has 0 bridgehead atoms. The molecule has 2 rings (SSSR count). The van der Waals surface area contributed by atoms with Gasteiger partial charge in [0.15, 0.2) is 0 Å². The average molecular weight is 249 g/mol. The number of rotatable bonds is 3. The molecule has 4 nitrogen and oxygen atoms in total. The van der Waals surface area contributed by atoms with Crippen LogP contribution in [-0.4, -0.2) is 15.0 Å². The van der Waals surface area contributed by atoms with Crippen LogP contribution < -0.4 is 10.5 Å². The lowest BCUT2D eigenvalue weighted by Crippen LogP contribution is -2.11. The van der Waals surface area contributed by atoms with Crippen LogP contribution in [0.25, 0.3) is 0 Å². The predicted octanol–water partition coefficient (Wildman–Crippen LogP) is 2.04. The highest BCUT2D eigenvalue weighted by Gasteiger charge is 2.02. The van der Waals surface area contributed by atoms with Crippen LogP contribution >= 0.6 is 12.2 Å². The number of aromatic nitrogens is 2. The van der Waals surface area contributed by atoms with Crippen molar-refractivity contribution in [2.24, 2.45) is 5.73 Å². The lowest BCUT2D eigenvalue weighted by Gasteiger charge is -2.04. The van der Waals surface area contributed by atoms with Crippen molar-refractivity contribution in [3.63, 3.8) is 0 Å². The molecule has 2 aromatic rings. The molecule has 17 heavy (non-hydrogen) atoms. The third-order valence-electron chi connectivity index (χ3n) is 1.90. The van der Waals surface area contributed by atoms with Gasteiger partial charge in [-0.25, -0.2) is 14.4 Å². The van der Waals surface area contributed by atoms with E-state index in [4.69, 9.17) is 22.7 Å². The molecule has 0 spiro atoms. The topological polar surface area (TPSA) is 61.0 Å². The van der Waals surface area contributed by atoms with Crippen molar-refractivity contribution in [1.29, 1.82) is 0 Å². The van der Waals surface area contributed by atoms with E-state index in [0.717, 1.165) is 0 Å². The van der Waals surface area contributed by atoms with Gasteiger partial charge in [0.05, 0.1) is 12.4 Å². The average Bonchev–Trinajstić information content (AvgIpc) is 2.29. The van der Waals surface area contributed by atoms with Crippen molar-refractivity contribution in [2.75, 3.05) is 0 Å². The smallest absolute Gasteiger partial charge is 0.237 e. The van der Waals surface area contributed by atoms with E-state index >= 15 is 0 Å². The van der Waals surface area contributed by atoms with Gasteiger partial charge in [0.25, 0.3) is 0 Å². The molecule has 2 N–H and O–H groups in total. The second kappa shape index (κ2) is 4.84. The molecule has 86 valence electrons. The van der Waals surface area contributed by atoms with Gasteiger partial charge in [0.2, 0.25) is 5.88 Å². The second-order valence-electron chi connectivity index (χ2n) is 3.16. The van der Waals surface area contributed by atoms with E-state index in [1.165, 1.54) is 24.5 Å². The summed E-state index contributed by atoms with van der Waals surface area (Å²) in [5.41, 5.74) is 5.78. The first kappa shape index (κ1) is 11.4. The lowest BCUT2D eigenvalue weighted by molar-refractivity contribution is 0.455. The van der Waals surface area contributed by atoms with Gasteiger partial charge in [-0.2, -0.15) is 0 Å². The Morgan fingerprint density at radius 1 is 1.29 bits per heavy atom. The predicted molar refractivity (Wildman–Crippen MR) is 64.4 cm³/mol. The molecule has 6 heteroatoms. The minimum absolute atomic E-state index is 0.162. The van der Waals surface area contributed by atoms with E-state index in [2.05, 4.69) is 9.97 Å². The zero-order valence-electron chi connectivity index (χ0n) is 8.63. The molecule has 0 aliphatic rings. The SMILES string of the molecule is NC(=S)c1cnc(Oc2cccc(F)c2)cn1. The highest BCUT2D eigenvalue weighted by Crippen LogP contribution is 2.18. The fourth-order valence-electron chi connectivity index (χ4n) is 1.15. The van der Waals surface area contributed by atoms with Crippen LogP contribution in [0.2, 0.25) is 0 Å². The molecule has 0 atom stereocenters. The summed E-state index contributed by atoms with van der Waals surface area (Å²) < 4.78 is 18.2. The second-order valence-corrected chi connectivity index (χ2v) is 3.60. The van der Waals surface area contributed by atoms with Gasteiger partial charge in [0, 0.05) is 6.07 Å². The number of hydrogen-bond donors (Lipinski definition) is 1. The summed E-state index contributed by atoms with van der Waals surface area (Å²) >= 11 is 4.74. The van der Waals surface area contributed by atoms with Gasteiger partial charge in [-0.05, 0) is 12.1 Å². The van der Waals surface area contributed by atoms with Crippen LogP contribution in [0, 0.1) is 5.82 Å².